The number of carbonyl (C=O) groups excluding carboxylic acids is 2. The molecule has 1 amide bonds. The van der Waals surface area contributed by atoms with Crippen LogP contribution in [0.5, 0.6) is 5.75 Å². The predicted octanol–water partition coefficient (Wildman–Crippen LogP) is 2.04. The Labute approximate surface area is 116 Å². The summed E-state index contributed by atoms with van der Waals surface area (Å²) in [6, 6.07) is 4.49. The number of nitrogens with zero attached hydrogens (tertiary/aromatic N) is 1. The number of piperidine rings is 1. The summed E-state index contributed by atoms with van der Waals surface area (Å²) in [5.41, 5.74) is 0.588. The molecule has 0 N–H and O–H groups in total. The molecule has 0 spiro atoms. The van der Waals surface area contributed by atoms with Crippen molar-refractivity contribution in [2.75, 3.05) is 20.2 Å². The van der Waals surface area contributed by atoms with Crippen LogP contribution in [0.1, 0.15) is 18.4 Å². The zero-order chi connectivity index (χ0) is 14.5. The van der Waals surface area contributed by atoms with E-state index in [0.717, 1.165) is 0 Å². The fourth-order valence-electron chi connectivity index (χ4n) is 2.04. The van der Waals surface area contributed by atoms with Gasteiger partial charge in [0.1, 0.15) is 5.78 Å². The third kappa shape index (κ3) is 3.44. The number of Topliss-reactive ketones (excluding diaryl/α,β-unsaturated/α-hetero) is 1. The molecule has 4 nitrogen and oxygen atoms in total. The Hall–Kier alpha value is -2.17. The molecule has 1 aromatic rings. The molecule has 106 valence electrons. The van der Waals surface area contributed by atoms with Crippen LogP contribution >= 0.6 is 0 Å². The lowest BCUT2D eigenvalue weighted by atomic mass is 10.1. The van der Waals surface area contributed by atoms with E-state index in [9.17, 15) is 14.0 Å². The number of benzene rings is 1. The molecule has 1 aliphatic rings. The second-order valence-electron chi connectivity index (χ2n) is 4.59. The Morgan fingerprint density at radius 1 is 1.35 bits per heavy atom. The average molecular weight is 277 g/mol. The minimum absolute atomic E-state index is 0.159. The number of hydrogen-bond donors (Lipinski definition) is 0. The van der Waals surface area contributed by atoms with Gasteiger partial charge in [-0.05, 0) is 23.8 Å². The molecule has 0 aliphatic carbocycles. The highest BCUT2D eigenvalue weighted by Crippen LogP contribution is 2.18. The third-order valence-corrected chi connectivity index (χ3v) is 3.23. The second-order valence-corrected chi connectivity index (χ2v) is 4.59. The van der Waals surface area contributed by atoms with E-state index in [-0.39, 0.29) is 17.4 Å². The number of ether oxygens (including phenoxy) is 1. The fourth-order valence-corrected chi connectivity index (χ4v) is 2.04. The van der Waals surface area contributed by atoms with Crippen LogP contribution in [-0.2, 0) is 9.59 Å². The van der Waals surface area contributed by atoms with E-state index in [0.29, 0.717) is 31.5 Å². The molecule has 0 unspecified atom stereocenters. The Morgan fingerprint density at radius 2 is 2.05 bits per heavy atom. The van der Waals surface area contributed by atoms with Crippen molar-refractivity contribution in [1.29, 1.82) is 0 Å². The summed E-state index contributed by atoms with van der Waals surface area (Å²) in [5.74, 6) is -0.266. The van der Waals surface area contributed by atoms with Crippen molar-refractivity contribution in [2.24, 2.45) is 0 Å². The molecule has 0 atom stereocenters. The largest absolute Gasteiger partial charge is 0.494 e. The van der Waals surface area contributed by atoms with Gasteiger partial charge >= 0.3 is 0 Å². The van der Waals surface area contributed by atoms with Crippen LogP contribution in [0.2, 0.25) is 0 Å². The molecule has 1 heterocycles. The van der Waals surface area contributed by atoms with E-state index in [1.165, 1.54) is 25.3 Å². The average Bonchev–Trinajstić information content (AvgIpc) is 2.45. The Balaban J connectivity index is 2.00. The molecule has 1 aliphatic heterocycles. The first-order valence-corrected chi connectivity index (χ1v) is 6.42. The molecule has 20 heavy (non-hydrogen) atoms. The van der Waals surface area contributed by atoms with Gasteiger partial charge in [-0.3, -0.25) is 9.59 Å². The SMILES string of the molecule is COc1ccc(C=CC(=O)N2CCC(=O)CC2)cc1F. The van der Waals surface area contributed by atoms with Gasteiger partial charge in [0.15, 0.2) is 11.6 Å². The van der Waals surface area contributed by atoms with E-state index in [4.69, 9.17) is 4.74 Å². The van der Waals surface area contributed by atoms with Crippen molar-refractivity contribution in [3.05, 3.63) is 35.7 Å². The van der Waals surface area contributed by atoms with Crippen LogP contribution in [0.25, 0.3) is 6.08 Å². The number of halogens is 1. The first-order chi connectivity index (χ1) is 9.60. The van der Waals surface area contributed by atoms with Crippen molar-refractivity contribution in [3.8, 4) is 5.75 Å². The van der Waals surface area contributed by atoms with Crippen molar-refractivity contribution < 1.29 is 18.7 Å². The maximum atomic E-state index is 13.5. The topological polar surface area (TPSA) is 46.6 Å². The minimum Gasteiger partial charge on any atom is -0.494 e. The second kappa shape index (κ2) is 6.32. The van der Waals surface area contributed by atoms with Gasteiger partial charge in [-0.25, -0.2) is 4.39 Å². The van der Waals surface area contributed by atoms with Crippen LogP contribution in [0.15, 0.2) is 24.3 Å². The standard InChI is InChI=1S/C15H16FNO3/c1-20-14-4-2-11(10-13(14)16)3-5-15(19)17-8-6-12(18)7-9-17/h2-5,10H,6-9H2,1H3. The maximum absolute atomic E-state index is 13.5. The van der Waals surface area contributed by atoms with E-state index >= 15 is 0 Å². The highest BCUT2D eigenvalue weighted by atomic mass is 19.1. The molecular weight excluding hydrogens is 261 g/mol. The van der Waals surface area contributed by atoms with Crippen molar-refractivity contribution in [1.82, 2.24) is 4.90 Å². The highest BCUT2D eigenvalue weighted by Gasteiger charge is 2.18. The van der Waals surface area contributed by atoms with Crippen LogP contribution in [0.4, 0.5) is 4.39 Å². The van der Waals surface area contributed by atoms with Crippen LogP contribution in [-0.4, -0.2) is 36.8 Å². The van der Waals surface area contributed by atoms with E-state index in [1.54, 1.807) is 17.0 Å². The third-order valence-electron chi connectivity index (χ3n) is 3.23. The molecule has 0 radical (unpaired) electrons. The summed E-state index contributed by atoms with van der Waals surface area (Å²) in [6.07, 6.45) is 3.78. The summed E-state index contributed by atoms with van der Waals surface area (Å²) >= 11 is 0. The maximum Gasteiger partial charge on any atom is 0.246 e. The first kappa shape index (κ1) is 14.2. The molecule has 1 aromatic carbocycles. The molecule has 1 saturated heterocycles. The highest BCUT2D eigenvalue weighted by molar-refractivity contribution is 5.93. The smallest absolute Gasteiger partial charge is 0.246 e. The first-order valence-electron chi connectivity index (χ1n) is 6.42. The quantitative estimate of drug-likeness (QED) is 0.794. The molecule has 2 rings (SSSR count). The summed E-state index contributed by atoms with van der Waals surface area (Å²) in [6.45, 7) is 0.915. The van der Waals surface area contributed by atoms with Gasteiger partial charge in [0.2, 0.25) is 5.91 Å². The summed E-state index contributed by atoms with van der Waals surface area (Å²) in [4.78, 5) is 24.6. The molecule has 0 saturated carbocycles. The van der Waals surface area contributed by atoms with Crippen molar-refractivity contribution >= 4 is 17.8 Å². The van der Waals surface area contributed by atoms with Gasteiger partial charge < -0.3 is 9.64 Å². The van der Waals surface area contributed by atoms with Gasteiger partial charge in [0, 0.05) is 32.0 Å². The van der Waals surface area contributed by atoms with Gasteiger partial charge in [0.05, 0.1) is 7.11 Å². The number of carbonyl (C=O) groups is 2. The molecule has 0 aromatic heterocycles. The Bertz CT molecular complexity index is 544. The van der Waals surface area contributed by atoms with Crippen LogP contribution in [0.3, 0.4) is 0 Å². The predicted molar refractivity (Wildman–Crippen MR) is 72.8 cm³/mol. The Morgan fingerprint density at radius 3 is 2.65 bits per heavy atom. The van der Waals surface area contributed by atoms with Gasteiger partial charge in [0.25, 0.3) is 0 Å². The summed E-state index contributed by atoms with van der Waals surface area (Å²) < 4.78 is 18.3. The molecule has 0 bridgehead atoms. The normalized spacial score (nSPS) is 15.7. The lowest BCUT2D eigenvalue weighted by molar-refractivity contribution is -0.130. The number of amides is 1. The lowest BCUT2D eigenvalue weighted by Crippen LogP contribution is -2.37. The van der Waals surface area contributed by atoms with E-state index in [2.05, 4.69) is 0 Å². The molecule has 1 fully saturated rings. The zero-order valence-corrected chi connectivity index (χ0v) is 11.3. The fraction of sp³-hybridized carbons (Fsp3) is 0.333. The zero-order valence-electron chi connectivity index (χ0n) is 11.3. The Kier molecular flexibility index (Phi) is 4.50. The number of rotatable bonds is 3. The minimum atomic E-state index is -0.467. The summed E-state index contributed by atoms with van der Waals surface area (Å²) in [7, 11) is 1.40. The van der Waals surface area contributed by atoms with Gasteiger partial charge in [-0.1, -0.05) is 6.07 Å². The van der Waals surface area contributed by atoms with Gasteiger partial charge in [-0.2, -0.15) is 0 Å². The lowest BCUT2D eigenvalue weighted by Gasteiger charge is -2.24. The van der Waals surface area contributed by atoms with E-state index in [1.807, 2.05) is 0 Å². The van der Waals surface area contributed by atoms with E-state index < -0.39 is 5.82 Å². The number of likely N-dealkylation sites (tertiary alicyclic amines) is 1. The van der Waals surface area contributed by atoms with Crippen molar-refractivity contribution in [3.63, 3.8) is 0 Å². The molecule has 5 heteroatoms. The number of methoxy groups -OCH3 is 1. The van der Waals surface area contributed by atoms with Crippen molar-refractivity contribution in [2.45, 2.75) is 12.8 Å². The monoisotopic (exact) mass is 277 g/mol. The van der Waals surface area contributed by atoms with Crippen LogP contribution < -0.4 is 4.74 Å². The molecular formula is C15H16FNO3. The van der Waals surface area contributed by atoms with Gasteiger partial charge in [-0.15, -0.1) is 0 Å². The summed E-state index contributed by atoms with van der Waals surface area (Å²) in [5, 5.41) is 0. The number of ketones is 1. The van der Waals surface area contributed by atoms with Crippen LogP contribution in [0, 0.1) is 5.82 Å². The number of hydrogen-bond acceptors (Lipinski definition) is 3.